The minimum Gasteiger partial charge on any atom is -0.494 e. The maximum absolute atomic E-state index is 5.48. The molecule has 0 amide bonds. The molecule has 1 fully saturated rings. The summed E-state index contributed by atoms with van der Waals surface area (Å²) in [6, 6.07) is 8.00. The number of aromatic nitrogens is 2. The average molecular weight is 324 g/mol. The molecule has 1 aromatic carbocycles. The fourth-order valence-electron chi connectivity index (χ4n) is 3.76. The maximum Gasteiger partial charge on any atom is 0.159 e. The molecule has 0 unspecified atom stereocenters. The number of benzene rings is 1. The SMILES string of the molecule is CCCC1CCC(c2cnc(-c3ccc(OCC)cc3)nc2)CC1. The Hall–Kier alpha value is -1.90. The molecule has 1 saturated carbocycles. The summed E-state index contributed by atoms with van der Waals surface area (Å²) in [5, 5.41) is 0. The zero-order valence-electron chi connectivity index (χ0n) is 14.9. The molecular weight excluding hydrogens is 296 g/mol. The van der Waals surface area contributed by atoms with Crippen LogP contribution in [0, 0.1) is 5.92 Å². The highest BCUT2D eigenvalue weighted by molar-refractivity contribution is 5.56. The van der Waals surface area contributed by atoms with Gasteiger partial charge in [0.2, 0.25) is 0 Å². The molecule has 0 radical (unpaired) electrons. The summed E-state index contributed by atoms with van der Waals surface area (Å²) < 4.78 is 5.48. The van der Waals surface area contributed by atoms with Crippen molar-refractivity contribution in [3.05, 3.63) is 42.2 Å². The topological polar surface area (TPSA) is 35.0 Å². The molecule has 3 nitrogen and oxygen atoms in total. The summed E-state index contributed by atoms with van der Waals surface area (Å²) >= 11 is 0. The Labute approximate surface area is 145 Å². The van der Waals surface area contributed by atoms with Gasteiger partial charge in [-0.25, -0.2) is 9.97 Å². The minimum atomic E-state index is 0.646. The van der Waals surface area contributed by atoms with Gasteiger partial charge in [-0.2, -0.15) is 0 Å². The first-order valence-corrected chi connectivity index (χ1v) is 9.35. The van der Waals surface area contributed by atoms with Crippen molar-refractivity contribution in [2.75, 3.05) is 6.61 Å². The van der Waals surface area contributed by atoms with E-state index >= 15 is 0 Å². The summed E-state index contributed by atoms with van der Waals surface area (Å²) in [6.07, 6.45) is 12.1. The zero-order valence-corrected chi connectivity index (χ0v) is 14.9. The smallest absolute Gasteiger partial charge is 0.159 e. The fraction of sp³-hybridized carbons (Fsp3) is 0.524. The monoisotopic (exact) mass is 324 g/mol. The average Bonchev–Trinajstić information content (AvgIpc) is 2.64. The van der Waals surface area contributed by atoms with Crippen LogP contribution in [0.25, 0.3) is 11.4 Å². The quantitative estimate of drug-likeness (QED) is 0.692. The zero-order chi connectivity index (χ0) is 16.8. The minimum absolute atomic E-state index is 0.646. The molecule has 1 aliphatic rings. The molecule has 2 aromatic rings. The van der Waals surface area contributed by atoms with Gasteiger partial charge in [-0.1, -0.05) is 19.8 Å². The van der Waals surface area contributed by atoms with Crippen molar-refractivity contribution in [2.45, 2.75) is 58.3 Å². The number of hydrogen-bond acceptors (Lipinski definition) is 3. The van der Waals surface area contributed by atoms with Gasteiger partial charge in [0.15, 0.2) is 5.82 Å². The van der Waals surface area contributed by atoms with E-state index in [1.54, 1.807) is 0 Å². The Bertz CT molecular complexity index is 613. The number of ether oxygens (including phenoxy) is 1. The first-order valence-electron chi connectivity index (χ1n) is 9.35. The molecule has 1 heterocycles. The van der Waals surface area contributed by atoms with Crippen LogP contribution in [-0.4, -0.2) is 16.6 Å². The van der Waals surface area contributed by atoms with Crippen LogP contribution in [0.2, 0.25) is 0 Å². The van der Waals surface area contributed by atoms with Gasteiger partial charge in [0.1, 0.15) is 5.75 Å². The van der Waals surface area contributed by atoms with Gasteiger partial charge in [0.05, 0.1) is 6.61 Å². The molecule has 0 spiro atoms. The normalized spacial score (nSPS) is 20.8. The summed E-state index contributed by atoms with van der Waals surface area (Å²) in [6.45, 7) is 4.97. The number of rotatable bonds is 6. The van der Waals surface area contributed by atoms with Crippen LogP contribution in [0.3, 0.4) is 0 Å². The third-order valence-corrected chi connectivity index (χ3v) is 5.11. The van der Waals surface area contributed by atoms with Crippen molar-refractivity contribution < 1.29 is 4.74 Å². The third-order valence-electron chi connectivity index (χ3n) is 5.11. The summed E-state index contributed by atoms with van der Waals surface area (Å²) in [7, 11) is 0. The van der Waals surface area contributed by atoms with Crippen molar-refractivity contribution in [1.82, 2.24) is 9.97 Å². The van der Waals surface area contributed by atoms with Crippen LogP contribution < -0.4 is 4.74 Å². The standard InChI is InChI=1S/C21H28N2O/c1-3-5-16-6-8-17(9-7-16)19-14-22-21(23-15-19)18-10-12-20(13-11-18)24-4-2/h10-17H,3-9H2,1-2H3. The molecular formula is C21H28N2O. The van der Waals surface area contributed by atoms with Crippen LogP contribution in [0.4, 0.5) is 0 Å². The van der Waals surface area contributed by atoms with E-state index in [0.717, 1.165) is 23.1 Å². The van der Waals surface area contributed by atoms with Crippen LogP contribution in [0.15, 0.2) is 36.7 Å². The fourth-order valence-corrected chi connectivity index (χ4v) is 3.76. The molecule has 0 saturated heterocycles. The van der Waals surface area contributed by atoms with Crippen LogP contribution in [0.5, 0.6) is 5.75 Å². The van der Waals surface area contributed by atoms with E-state index < -0.39 is 0 Å². The van der Waals surface area contributed by atoms with Gasteiger partial charge in [-0.15, -0.1) is 0 Å². The molecule has 128 valence electrons. The predicted molar refractivity (Wildman–Crippen MR) is 98.2 cm³/mol. The van der Waals surface area contributed by atoms with E-state index in [1.807, 2.05) is 43.6 Å². The first-order chi connectivity index (χ1) is 11.8. The van der Waals surface area contributed by atoms with Crippen molar-refractivity contribution in [2.24, 2.45) is 5.92 Å². The maximum atomic E-state index is 5.48. The lowest BCUT2D eigenvalue weighted by atomic mass is 9.78. The van der Waals surface area contributed by atoms with Crippen LogP contribution in [0.1, 0.15) is 63.9 Å². The number of nitrogens with zero attached hydrogens (tertiary/aromatic N) is 2. The Morgan fingerprint density at radius 1 is 0.958 bits per heavy atom. The highest BCUT2D eigenvalue weighted by Crippen LogP contribution is 2.37. The lowest BCUT2D eigenvalue weighted by Crippen LogP contribution is -2.13. The van der Waals surface area contributed by atoms with Gasteiger partial charge in [0.25, 0.3) is 0 Å². The van der Waals surface area contributed by atoms with Crippen molar-refractivity contribution in [3.63, 3.8) is 0 Å². The van der Waals surface area contributed by atoms with E-state index in [-0.39, 0.29) is 0 Å². The van der Waals surface area contributed by atoms with E-state index in [4.69, 9.17) is 4.74 Å². The molecule has 0 atom stereocenters. The third kappa shape index (κ3) is 4.14. The van der Waals surface area contributed by atoms with Gasteiger partial charge >= 0.3 is 0 Å². The van der Waals surface area contributed by atoms with Crippen LogP contribution in [-0.2, 0) is 0 Å². The second kappa shape index (κ2) is 8.27. The lowest BCUT2D eigenvalue weighted by Gasteiger charge is -2.28. The predicted octanol–water partition coefficient (Wildman–Crippen LogP) is 5.62. The molecule has 1 aromatic heterocycles. The molecule has 0 bridgehead atoms. The molecule has 3 rings (SSSR count). The van der Waals surface area contributed by atoms with Crippen molar-refractivity contribution in [1.29, 1.82) is 0 Å². The van der Waals surface area contributed by atoms with Crippen molar-refractivity contribution in [3.8, 4) is 17.1 Å². The van der Waals surface area contributed by atoms with E-state index in [1.165, 1.54) is 44.1 Å². The van der Waals surface area contributed by atoms with E-state index in [2.05, 4.69) is 16.9 Å². The first kappa shape index (κ1) is 16.9. The van der Waals surface area contributed by atoms with Gasteiger partial charge in [-0.3, -0.25) is 0 Å². The van der Waals surface area contributed by atoms with E-state index in [0.29, 0.717) is 12.5 Å². The lowest BCUT2D eigenvalue weighted by molar-refractivity contribution is 0.308. The second-order valence-corrected chi connectivity index (χ2v) is 6.80. The molecule has 0 aliphatic heterocycles. The second-order valence-electron chi connectivity index (χ2n) is 6.80. The summed E-state index contributed by atoms with van der Waals surface area (Å²) in [4.78, 5) is 9.21. The molecule has 3 heteroatoms. The Balaban J connectivity index is 1.63. The van der Waals surface area contributed by atoms with Gasteiger partial charge < -0.3 is 4.74 Å². The summed E-state index contributed by atoms with van der Waals surface area (Å²) in [5.74, 6) is 3.27. The highest BCUT2D eigenvalue weighted by atomic mass is 16.5. The van der Waals surface area contributed by atoms with E-state index in [9.17, 15) is 0 Å². The number of hydrogen-bond donors (Lipinski definition) is 0. The summed E-state index contributed by atoms with van der Waals surface area (Å²) in [5.41, 5.74) is 2.34. The Kier molecular flexibility index (Phi) is 5.84. The Morgan fingerprint density at radius 3 is 2.21 bits per heavy atom. The highest BCUT2D eigenvalue weighted by Gasteiger charge is 2.22. The van der Waals surface area contributed by atoms with Crippen LogP contribution >= 0.6 is 0 Å². The molecule has 24 heavy (non-hydrogen) atoms. The Morgan fingerprint density at radius 2 is 1.62 bits per heavy atom. The molecule has 0 N–H and O–H groups in total. The molecule has 1 aliphatic carbocycles. The largest absolute Gasteiger partial charge is 0.494 e. The van der Waals surface area contributed by atoms with Crippen molar-refractivity contribution >= 4 is 0 Å². The van der Waals surface area contributed by atoms with Gasteiger partial charge in [0, 0.05) is 18.0 Å². The van der Waals surface area contributed by atoms with Gasteiger partial charge in [-0.05, 0) is 74.3 Å².